The van der Waals surface area contributed by atoms with Crippen LogP contribution in [-0.2, 0) is 19.6 Å². The van der Waals surface area contributed by atoms with Crippen molar-refractivity contribution in [2.45, 2.75) is 26.2 Å². The maximum absolute atomic E-state index is 12.0. The number of amides is 1. The van der Waals surface area contributed by atoms with Crippen LogP contribution >= 0.6 is 0 Å². The first-order chi connectivity index (χ1) is 8.71. The Bertz CT molecular complexity index is 462. The van der Waals surface area contributed by atoms with Crippen molar-refractivity contribution >= 4 is 21.9 Å². The van der Waals surface area contributed by atoms with Crippen molar-refractivity contribution in [3.63, 3.8) is 0 Å². The van der Waals surface area contributed by atoms with Gasteiger partial charge in [-0.25, -0.2) is 12.7 Å². The maximum Gasteiger partial charge on any atom is 0.303 e. The van der Waals surface area contributed by atoms with Gasteiger partial charge < -0.3 is 10.4 Å². The van der Waals surface area contributed by atoms with Crippen LogP contribution in [0.3, 0.4) is 0 Å². The van der Waals surface area contributed by atoms with Gasteiger partial charge in [0.2, 0.25) is 15.9 Å². The zero-order valence-corrected chi connectivity index (χ0v) is 12.0. The molecule has 0 bridgehead atoms. The fraction of sp³-hybridized carbons (Fsp3) is 0.818. The smallest absolute Gasteiger partial charge is 0.303 e. The lowest BCUT2D eigenvalue weighted by Gasteiger charge is -2.22. The van der Waals surface area contributed by atoms with Crippen LogP contribution < -0.4 is 5.32 Å². The van der Waals surface area contributed by atoms with Gasteiger partial charge in [0.25, 0.3) is 0 Å². The molecule has 0 aromatic rings. The van der Waals surface area contributed by atoms with Crippen LogP contribution in [0.25, 0.3) is 0 Å². The summed E-state index contributed by atoms with van der Waals surface area (Å²) in [5, 5.41) is 11.0. The number of carboxylic acid groups (broad SMARTS) is 1. The molecule has 7 nitrogen and oxygen atoms in total. The van der Waals surface area contributed by atoms with Gasteiger partial charge in [0.15, 0.2) is 0 Å². The number of hydrogen-bond donors (Lipinski definition) is 2. The minimum absolute atomic E-state index is 0.0881. The van der Waals surface area contributed by atoms with Crippen molar-refractivity contribution in [2.24, 2.45) is 5.41 Å². The highest BCUT2D eigenvalue weighted by Gasteiger charge is 2.43. The second-order valence-corrected chi connectivity index (χ2v) is 7.13. The number of aliphatic carboxylic acids is 1. The molecule has 1 aliphatic heterocycles. The molecule has 2 N–H and O–H groups in total. The Morgan fingerprint density at radius 1 is 1.42 bits per heavy atom. The van der Waals surface area contributed by atoms with Gasteiger partial charge in [-0.05, 0) is 19.8 Å². The molecular formula is C11H20N2O5S. The Morgan fingerprint density at radius 3 is 2.58 bits per heavy atom. The van der Waals surface area contributed by atoms with E-state index < -0.39 is 21.4 Å². The van der Waals surface area contributed by atoms with Gasteiger partial charge in [0.05, 0.1) is 11.2 Å². The molecule has 1 rings (SSSR count). The summed E-state index contributed by atoms with van der Waals surface area (Å²) in [7, 11) is -1.95. The topological polar surface area (TPSA) is 104 Å². The van der Waals surface area contributed by atoms with Crippen molar-refractivity contribution in [2.75, 3.05) is 25.9 Å². The van der Waals surface area contributed by atoms with E-state index in [9.17, 15) is 18.0 Å². The monoisotopic (exact) mass is 292 g/mol. The summed E-state index contributed by atoms with van der Waals surface area (Å²) in [5.41, 5.74) is -0.700. The molecule has 8 heteroatoms. The van der Waals surface area contributed by atoms with Crippen molar-refractivity contribution in [1.82, 2.24) is 9.62 Å². The fourth-order valence-electron chi connectivity index (χ4n) is 2.18. The Balaban J connectivity index is 2.62. The first-order valence-corrected chi connectivity index (χ1v) is 7.74. The molecule has 0 radical (unpaired) electrons. The SMILES string of the molecule is CNC(=O)C1(C)CCN(S(=O)(=O)CCCC(=O)O)C1. The fourth-order valence-corrected chi connectivity index (χ4v) is 3.80. The second kappa shape index (κ2) is 5.87. The first-order valence-electron chi connectivity index (χ1n) is 6.13. The predicted molar refractivity (Wildman–Crippen MR) is 69.0 cm³/mol. The minimum atomic E-state index is -3.48. The van der Waals surface area contributed by atoms with E-state index in [2.05, 4.69) is 5.32 Å². The molecule has 0 aromatic carbocycles. The molecule has 1 unspecified atom stereocenters. The Hall–Kier alpha value is -1.15. The average Bonchev–Trinajstić information content (AvgIpc) is 2.72. The van der Waals surface area contributed by atoms with Crippen molar-refractivity contribution in [3.8, 4) is 0 Å². The summed E-state index contributed by atoms with van der Waals surface area (Å²) >= 11 is 0. The van der Waals surface area contributed by atoms with Gasteiger partial charge in [-0.15, -0.1) is 0 Å². The van der Waals surface area contributed by atoms with Gasteiger partial charge in [-0.1, -0.05) is 0 Å². The highest BCUT2D eigenvalue weighted by atomic mass is 32.2. The molecule has 0 spiro atoms. The summed E-state index contributed by atoms with van der Waals surface area (Å²) in [6, 6.07) is 0. The van der Waals surface area contributed by atoms with Crippen molar-refractivity contribution in [1.29, 1.82) is 0 Å². The summed E-state index contributed by atoms with van der Waals surface area (Å²) < 4.78 is 25.3. The molecular weight excluding hydrogens is 272 g/mol. The molecule has 1 atom stereocenters. The van der Waals surface area contributed by atoms with E-state index in [4.69, 9.17) is 5.11 Å². The number of carbonyl (C=O) groups is 2. The lowest BCUT2D eigenvalue weighted by molar-refractivity contribution is -0.137. The average molecular weight is 292 g/mol. The number of carboxylic acids is 1. The zero-order chi connectivity index (χ0) is 14.7. The molecule has 1 aliphatic rings. The first kappa shape index (κ1) is 15.9. The lowest BCUT2D eigenvalue weighted by Crippen LogP contribution is -2.40. The van der Waals surface area contributed by atoms with Crippen LogP contribution in [0, 0.1) is 5.41 Å². The summed E-state index contributed by atoms with van der Waals surface area (Å²) in [6.45, 7) is 2.19. The largest absolute Gasteiger partial charge is 0.481 e. The van der Waals surface area contributed by atoms with Gasteiger partial charge in [-0.3, -0.25) is 9.59 Å². The Morgan fingerprint density at radius 2 is 2.05 bits per heavy atom. The number of rotatable bonds is 6. The van der Waals surface area contributed by atoms with E-state index in [1.165, 1.54) is 11.4 Å². The van der Waals surface area contributed by atoms with Crippen molar-refractivity contribution < 1.29 is 23.1 Å². The van der Waals surface area contributed by atoms with Crippen LogP contribution in [0.4, 0.5) is 0 Å². The third-order valence-corrected chi connectivity index (χ3v) is 5.30. The molecule has 0 saturated carbocycles. The number of sulfonamides is 1. The normalized spacial score (nSPS) is 24.3. The van der Waals surface area contributed by atoms with Crippen LogP contribution in [0.2, 0.25) is 0 Å². The quantitative estimate of drug-likeness (QED) is 0.695. The molecule has 1 heterocycles. The summed E-state index contributed by atoms with van der Waals surface area (Å²) in [4.78, 5) is 22.1. The molecule has 0 aromatic heterocycles. The van der Waals surface area contributed by atoms with E-state index in [1.807, 2.05) is 0 Å². The molecule has 0 aliphatic carbocycles. The Kier molecular flexibility index (Phi) is 4.92. The molecule has 1 fully saturated rings. The minimum Gasteiger partial charge on any atom is -0.481 e. The third kappa shape index (κ3) is 3.90. The third-order valence-electron chi connectivity index (χ3n) is 3.40. The van der Waals surface area contributed by atoms with Crippen molar-refractivity contribution in [3.05, 3.63) is 0 Å². The second-order valence-electron chi connectivity index (χ2n) is 5.04. The number of nitrogens with one attached hydrogen (secondary N) is 1. The standard InChI is InChI=1S/C11H20N2O5S/c1-11(10(16)12-2)5-6-13(8-11)19(17,18)7-3-4-9(14)15/h3-8H2,1-2H3,(H,12,16)(H,14,15). The van der Waals surface area contributed by atoms with Crippen LogP contribution in [0.1, 0.15) is 26.2 Å². The number of hydrogen-bond acceptors (Lipinski definition) is 4. The van der Waals surface area contributed by atoms with Gasteiger partial charge in [-0.2, -0.15) is 0 Å². The highest BCUT2D eigenvalue weighted by Crippen LogP contribution is 2.31. The highest BCUT2D eigenvalue weighted by molar-refractivity contribution is 7.89. The number of carbonyl (C=O) groups excluding carboxylic acids is 1. The Labute approximate surface area is 113 Å². The molecule has 1 saturated heterocycles. The lowest BCUT2D eigenvalue weighted by atomic mass is 9.89. The summed E-state index contributed by atoms with van der Waals surface area (Å²) in [5.74, 6) is -1.37. The van der Waals surface area contributed by atoms with Gasteiger partial charge in [0, 0.05) is 26.6 Å². The molecule has 110 valence electrons. The van der Waals surface area contributed by atoms with Crippen LogP contribution in [0.5, 0.6) is 0 Å². The zero-order valence-electron chi connectivity index (χ0n) is 11.2. The van der Waals surface area contributed by atoms with E-state index in [-0.39, 0.29) is 31.0 Å². The predicted octanol–water partition coefficient (Wildman–Crippen LogP) is -0.361. The van der Waals surface area contributed by atoms with E-state index in [0.717, 1.165) is 0 Å². The van der Waals surface area contributed by atoms with Gasteiger partial charge >= 0.3 is 5.97 Å². The van der Waals surface area contributed by atoms with Crippen LogP contribution in [0.15, 0.2) is 0 Å². The van der Waals surface area contributed by atoms with E-state index >= 15 is 0 Å². The molecule has 1 amide bonds. The number of nitrogens with zero attached hydrogens (tertiary/aromatic N) is 1. The van der Waals surface area contributed by atoms with Crippen LogP contribution in [-0.4, -0.2) is 55.6 Å². The van der Waals surface area contributed by atoms with Gasteiger partial charge in [0.1, 0.15) is 0 Å². The summed E-state index contributed by atoms with van der Waals surface area (Å²) in [6.07, 6.45) is 0.398. The maximum atomic E-state index is 12.0. The van der Waals surface area contributed by atoms with E-state index in [1.54, 1.807) is 6.92 Å². The molecule has 19 heavy (non-hydrogen) atoms. The van der Waals surface area contributed by atoms with E-state index in [0.29, 0.717) is 13.0 Å².